The lowest BCUT2D eigenvalue weighted by atomic mass is 10.1. The van der Waals surface area contributed by atoms with Crippen molar-refractivity contribution >= 4 is 21.6 Å². The molecular formula is C24H24F2N2O4S. The number of aryl methyl sites for hydroxylation is 1. The molecule has 3 rings (SSSR count). The van der Waals surface area contributed by atoms with E-state index in [4.69, 9.17) is 4.74 Å². The molecule has 0 saturated carbocycles. The van der Waals surface area contributed by atoms with E-state index in [-0.39, 0.29) is 18.1 Å². The molecule has 0 atom stereocenters. The summed E-state index contributed by atoms with van der Waals surface area (Å²) < 4.78 is 58.3. The summed E-state index contributed by atoms with van der Waals surface area (Å²) in [6.45, 7) is 2.38. The number of halogens is 2. The Kier molecular flexibility index (Phi) is 7.65. The molecule has 0 fully saturated rings. The Bertz CT molecular complexity index is 1230. The van der Waals surface area contributed by atoms with Gasteiger partial charge in [-0.2, -0.15) is 0 Å². The van der Waals surface area contributed by atoms with Crippen LogP contribution in [0.15, 0.2) is 66.7 Å². The largest absolute Gasteiger partial charge is 0.491 e. The molecule has 33 heavy (non-hydrogen) atoms. The highest BCUT2D eigenvalue weighted by Gasteiger charge is 2.21. The quantitative estimate of drug-likeness (QED) is 0.475. The molecule has 0 saturated heterocycles. The van der Waals surface area contributed by atoms with Crippen molar-refractivity contribution in [1.29, 1.82) is 0 Å². The first-order valence-electron chi connectivity index (χ1n) is 10.1. The van der Waals surface area contributed by atoms with Gasteiger partial charge in [0, 0.05) is 11.6 Å². The van der Waals surface area contributed by atoms with Gasteiger partial charge in [0.15, 0.2) is 0 Å². The van der Waals surface area contributed by atoms with Crippen molar-refractivity contribution in [1.82, 2.24) is 5.32 Å². The number of carbonyl (C=O) groups excluding carboxylic acids is 1. The van der Waals surface area contributed by atoms with E-state index in [1.165, 1.54) is 0 Å². The molecule has 1 amide bonds. The van der Waals surface area contributed by atoms with Crippen molar-refractivity contribution in [3.63, 3.8) is 0 Å². The number of ether oxygens (including phenoxy) is 1. The number of benzene rings is 3. The highest BCUT2D eigenvalue weighted by Crippen LogP contribution is 2.25. The van der Waals surface area contributed by atoms with Crippen LogP contribution in [0.3, 0.4) is 0 Å². The summed E-state index contributed by atoms with van der Waals surface area (Å²) in [6.07, 6.45) is 0.941. The van der Waals surface area contributed by atoms with Crippen molar-refractivity contribution in [3.05, 3.63) is 95.1 Å². The molecule has 0 aliphatic heterocycles. The summed E-state index contributed by atoms with van der Waals surface area (Å²) in [7, 11) is -3.84. The predicted molar refractivity (Wildman–Crippen MR) is 123 cm³/mol. The average Bonchev–Trinajstić information content (AvgIpc) is 2.76. The Balaban J connectivity index is 1.61. The molecule has 3 aromatic carbocycles. The van der Waals surface area contributed by atoms with Crippen LogP contribution in [-0.2, 0) is 16.6 Å². The van der Waals surface area contributed by atoms with E-state index in [0.717, 1.165) is 34.0 Å². The third kappa shape index (κ3) is 6.52. The summed E-state index contributed by atoms with van der Waals surface area (Å²) in [5.74, 6) is -1.34. The zero-order chi connectivity index (χ0) is 24.0. The van der Waals surface area contributed by atoms with Crippen molar-refractivity contribution < 1.29 is 26.7 Å². The first-order chi connectivity index (χ1) is 15.6. The molecule has 0 spiro atoms. The van der Waals surface area contributed by atoms with E-state index in [0.29, 0.717) is 30.3 Å². The van der Waals surface area contributed by atoms with Crippen LogP contribution in [0, 0.1) is 18.6 Å². The van der Waals surface area contributed by atoms with Gasteiger partial charge in [0.2, 0.25) is 10.0 Å². The molecule has 0 unspecified atom stereocenters. The number of carbonyl (C=O) groups is 1. The Labute approximate surface area is 191 Å². The Hall–Kier alpha value is -3.46. The summed E-state index contributed by atoms with van der Waals surface area (Å²) >= 11 is 0. The normalized spacial score (nSPS) is 11.2. The molecule has 0 radical (unpaired) electrons. The SMILES string of the molecule is Cc1ccccc1OCCNC(=O)c1ccc(CN(c2ccc(F)cc2F)S(C)(=O)=O)cc1. The Morgan fingerprint density at radius 2 is 1.73 bits per heavy atom. The van der Waals surface area contributed by atoms with E-state index in [1.54, 1.807) is 24.3 Å². The molecule has 174 valence electrons. The molecular weight excluding hydrogens is 450 g/mol. The zero-order valence-electron chi connectivity index (χ0n) is 18.2. The van der Waals surface area contributed by atoms with Gasteiger partial charge in [-0.3, -0.25) is 9.10 Å². The van der Waals surface area contributed by atoms with E-state index >= 15 is 0 Å². The molecule has 6 nitrogen and oxygen atoms in total. The van der Waals surface area contributed by atoms with Gasteiger partial charge >= 0.3 is 0 Å². The topological polar surface area (TPSA) is 75.7 Å². The number of nitrogens with zero attached hydrogens (tertiary/aromatic N) is 1. The molecule has 0 bridgehead atoms. The Morgan fingerprint density at radius 1 is 1.03 bits per heavy atom. The van der Waals surface area contributed by atoms with Crippen molar-refractivity contribution in [2.45, 2.75) is 13.5 Å². The van der Waals surface area contributed by atoms with Crippen LogP contribution < -0.4 is 14.4 Å². The van der Waals surface area contributed by atoms with E-state index in [2.05, 4.69) is 5.32 Å². The van der Waals surface area contributed by atoms with Crippen LogP contribution in [0.2, 0.25) is 0 Å². The van der Waals surface area contributed by atoms with Crippen LogP contribution in [0.5, 0.6) is 5.75 Å². The average molecular weight is 475 g/mol. The lowest BCUT2D eigenvalue weighted by Crippen LogP contribution is -2.30. The van der Waals surface area contributed by atoms with Crippen LogP contribution in [0.1, 0.15) is 21.5 Å². The number of sulfonamides is 1. The summed E-state index contributed by atoms with van der Waals surface area (Å²) in [6, 6.07) is 16.5. The number of para-hydroxylation sites is 1. The van der Waals surface area contributed by atoms with Gasteiger partial charge in [0.25, 0.3) is 5.91 Å². The number of rotatable bonds is 9. The molecule has 9 heteroatoms. The molecule has 0 heterocycles. The number of nitrogens with one attached hydrogen (secondary N) is 1. The third-order valence-corrected chi connectivity index (χ3v) is 5.99. The highest BCUT2D eigenvalue weighted by molar-refractivity contribution is 7.92. The maximum absolute atomic E-state index is 14.2. The molecule has 0 aliphatic carbocycles. The Morgan fingerprint density at radius 3 is 2.36 bits per heavy atom. The fraction of sp³-hybridized carbons (Fsp3) is 0.208. The van der Waals surface area contributed by atoms with E-state index in [1.807, 2.05) is 31.2 Å². The number of hydrogen-bond acceptors (Lipinski definition) is 4. The standard InChI is InChI=1S/C24H24F2N2O4S/c1-17-5-3-4-6-23(17)32-14-13-27-24(29)19-9-7-18(8-10-19)16-28(33(2,30)31)22-12-11-20(25)15-21(22)26/h3-12,15H,13-14,16H2,1-2H3,(H,27,29). The van der Waals surface area contributed by atoms with Gasteiger partial charge in [-0.05, 0) is 48.4 Å². The van der Waals surface area contributed by atoms with Gasteiger partial charge in [-0.15, -0.1) is 0 Å². The van der Waals surface area contributed by atoms with Crippen LogP contribution in [0.4, 0.5) is 14.5 Å². The minimum atomic E-state index is -3.84. The molecule has 0 aliphatic rings. The summed E-state index contributed by atoms with van der Waals surface area (Å²) in [5.41, 5.74) is 1.66. The van der Waals surface area contributed by atoms with Crippen molar-refractivity contribution in [3.8, 4) is 5.75 Å². The second-order valence-corrected chi connectivity index (χ2v) is 9.34. The lowest BCUT2D eigenvalue weighted by Gasteiger charge is -2.23. The molecule has 0 aromatic heterocycles. The maximum atomic E-state index is 14.2. The molecule has 3 aromatic rings. The van der Waals surface area contributed by atoms with Gasteiger partial charge in [-0.1, -0.05) is 30.3 Å². The zero-order valence-corrected chi connectivity index (χ0v) is 19.0. The van der Waals surface area contributed by atoms with Gasteiger partial charge < -0.3 is 10.1 Å². The van der Waals surface area contributed by atoms with Crippen LogP contribution in [-0.4, -0.2) is 33.7 Å². The smallest absolute Gasteiger partial charge is 0.251 e. The minimum Gasteiger partial charge on any atom is -0.491 e. The summed E-state index contributed by atoms with van der Waals surface area (Å²) in [4.78, 5) is 12.4. The summed E-state index contributed by atoms with van der Waals surface area (Å²) in [5, 5.41) is 2.76. The fourth-order valence-electron chi connectivity index (χ4n) is 3.14. The van der Waals surface area contributed by atoms with Crippen molar-refractivity contribution in [2.24, 2.45) is 0 Å². The second-order valence-electron chi connectivity index (χ2n) is 7.43. The predicted octanol–water partition coefficient (Wildman–Crippen LogP) is 4.05. The third-order valence-electron chi connectivity index (χ3n) is 4.86. The van der Waals surface area contributed by atoms with E-state index < -0.39 is 21.7 Å². The second kappa shape index (κ2) is 10.4. The molecule has 1 N–H and O–H groups in total. The number of amides is 1. The van der Waals surface area contributed by atoms with Crippen LogP contribution >= 0.6 is 0 Å². The van der Waals surface area contributed by atoms with E-state index in [9.17, 15) is 22.0 Å². The number of anilines is 1. The highest BCUT2D eigenvalue weighted by atomic mass is 32.2. The van der Waals surface area contributed by atoms with Crippen LogP contribution in [0.25, 0.3) is 0 Å². The fourth-order valence-corrected chi connectivity index (χ4v) is 4.03. The van der Waals surface area contributed by atoms with Gasteiger partial charge in [0.1, 0.15) is 24.0 Å². The van der Waals surface area contributed by atoms with Gasteiger partial charge in [-0.25, -0.2) is 17.2 Å². The maximum Gasteiger partial charge on any atom is 0.251 e. The van der Waals surface area contributed by atoms with Crippen molar-refractivity contribution in [2.75, 3.05) is 23.7 Å². The monoisotopic (exact) mass is 474 g/mol. The first-order valence-corrected chi connectivity index (χ1v) is 12.0. The minimum absolute atomic E-state index is 0.173. The lowest BCUT2D eigenvalue weighted by molar-refractivity contribution is 0.0947. The van der Waals surface area contributed by atoms with Gasteiger partial charge in [0.05, 0.1) is 25.0 Å². The number of hydrogen-bond donors (Lipinski definition) is 1. The first kappa shape index (κ1) is 24.2.